The van der Waals surface area contributed by atoms with Crippen LogP contribution in [0.2, 0.25) is 0 Å². The third-order valence-electron chi connectivity index (χ3n) is 5.58. The normalized spacial score (nSPS) is 15.7. The van der Waals surface area contributed by atoms with E-state index >= 15 is 0 Å². The van der Waals surface area contributed by atoms with Crippen molar-refractivity contribution in [3.8, 4) is 11.5 Å². The molecule has 1 aromatic carbocycles. The molecule has 2 aromatic rings. The molecule has 0 bridgehead atoms. The molecule has 1 amide bonds. The van der Waals surface area contributed by atoms with Gasteiger partial charge in [0.15, 0.2) is 11.5 Å². The Morgan fingerprint density at radius 2 is 1.97 bits per heavy atom. The lowest BCUT2D eigenvalue weighted by molar-refractivity contribution is 0.0357. The molecule has 1 aliphatic rings. The lowest BCUT2D eigenvalue weighted by atomic mass is 9.86. The number of aromatic nitrogens is 1. The van der Waals surface area contributed by atoms with E-state index in [9.17, 15) is 9.90 Å². The van der Waals surface area contributed by atoms with Crippen LogP contribution in [0.4, 0.5) is 0 Å². The lowest BCUT2D eigenvalue weighted by Crippen LogP contribution is -2.40. The van der Waals surface area contributed by atoms with Crippen molar-refractivity contribution in [3.05, 3.63) is 23.9 Å². The Labute approximate surface area is 173 Å². The van der Waals surface area contributed by atoms with Gasteiger partial charge in [0.1, 0.15) is 5.69 Å². The average Bonchev–Trinajstić information content (AvgIpc) is 3.09. The lowest BCUT2D eigenvalue weighted by Gasteiger charge is -2.34. The van der Waals surface area contributed by atoms with Crippen molar-refractivity contribution >= 4 is 16.8 Å². The van der Waals surface area contributed by atoms with E-state index in [0.29, 0.717) is 29.7 Å². The fraction of sp³-hybridized carbons (Fsp3) is 0.609. The van der Waals surface area contributed by atoms with Crippen molar-refractivity contribution in [2.24, 2.45) is 5.92 Å². The molecule has 1 fully saturated rings. The molecule has 160 valence electrons. The van der Waals surface area contributed by atoms with Crippen molar-refractivity contribution in [3.63, 3.8) is 0 Å². The zero-order valence-electron chi connectivity index (χ0n) is 18.1. The zero-order valence-corrected chi connectivity index (χ0v) is 18.1. The molecule has 0 aliphatic carbocycles. The number of hydrogen-bond donors (Lipinski definition) is 2. The maximum Gasteiger partial charge on any atom is 0.270 e. The van der Waals surface area contributed by atoms with Gasteiger partial charge in [0.05, 0.1) is 19.3 Å². The average molecular weight is 403 g/mol. The first-order chi connectivity index (χ1) is 13.8. The molecular formula is C23H34N2O4. The smallest absolute Gasteiger partial charge is 0.270 e. The minimum Gasteiger partial charge on any atom is -0.493 e. The molecular weight excluding hydrogens is 368 g/mol. The molecule has 0 spiro atoms. The summed E-state index contributed by atoms with van der Waals surface area (Å²) in [5.41, 5.74) is 0.815. The number of aliphatic hydroxyl groups is 1. The molecule has 2 N–H and O–H groups in total. The maximum atomic E-state index is 13.0. The van der Waals surface area contributed by atoms with Gasteiger partial charge in [0, 0.05) is 30.1 Å². The molecule has 0 atom stereocenters. The number of H-pyrrole nitrogens is 1. The molecule has 29 heavy (non-hydrogen) atoms. The van der Waals surface area contributed by atoms with E-state index in [0.717, 1.165) is 56.1 Å². The minimum atomic E-state index is -0.649. The van der Waals surface area contributed by atoms with Crippen molar-refractivity contribution in [2.75, 3.05) is 26.8 Å². The summed E-state index contributed by atoms with van der Waals surface area (Å²) in [6.07, 6.45) is 4.69. The topological polar surface area (TPSA) is 74.8 Å². The van der Waals surface area contributed by atoms with Gasteiger partial charge in [-0.1, -0.05) is 13.3 Å². The van der Waals surface area contributed by atoms with Crippen LogP contribution in [0.25, 0.3) is 10.9 Å². The van der Waals surface area contributed by atoms with Crippen LogP contribution in [-0.4, -0.2) is 53.3 Å². The number of nitrogens with zero attached hydrogens (tertiary/aromatic N) is 1. The fourth-order valence-corrected chi connectivity index (χ4v) is 4.07. The van der Waals surface area contributed by atoms with Crippen molar-refractivity contribution in [1.82, 2.24) is 9.88 Å². The quantitative estimate of drug-likeness (QED) is 0.643. The molecule has 3 rings (SSSR count). The van der Waals surface area contributed by atoms with Gasteiger partial charge in [-0.3, -0.25) is 4.79 Å². The summed E-state index contributed by atoms with van der Waals surface area (Å²) < 4.78 is 11.3. The number of fused-ring (bicyclic) bond motifs is 1. The number of ether oxygens (including phenoxy) is 2. The Morgan fingerprint density at radius 3 is 2.59 bits per heavy atom. The van der Waals surface area contributed by atoms with E-state index in [1.54, 1.807) is 7.11 Å². The van der Waals surface area contributed by atoms with Gasteiger partial charge in [-0.15, -0.1) is 0 Å². The van der Waals surface area contributed by atoms with E-state index in [1.807, 2.05) is 36.9 Å². The minimum absolute atomic E-state index is 0.0235. The van der Waals surface area contributed by atoms with Gasteiger partial charge in [0.2, 0.25) is 0 Å². The summed E-state index contributed by atoms with van der Waals surface area (Å²) in [5, 5.41) is 11.0. The van der Waals surface area contributed by atoms with Crippen LogP contribution in [-0.2, 0) is 0 Å². The largest absolute Gasteiger partial charge is 0.493 e. The number of carbonyl (C=O) groups is 1. The van der Waals surface area contributed by atoms with E-state index in [-0.39, 0.29) is 5.91 Å². The second kappa shape index (κ2) is 9.08. The number of benzene rings is 1. The molecule has 6 nitrogen and oxygen atoms in total. The SMILES string of the molecule is CCCCOc1cc2[nH]c(C(=O)N3CCC(CC(C)(C)O)CC3)cc2cc1OC. The zero-order chi connectivity index (χ0) is 21.0. The summed E-state index contributed by atoms with van der Waals surface area (Å²) in [6, 6.07) is 5.72. The molecule has 6 heteroatoms. The van der Waals surface area contributed by atoms with E-state index in [4.69, 9.17) is 9.47 Å². The summed E-state index contributed by atoms with van der Waals surface area (Å²) in [6.45, 7) is 7.92. The van der Waals surface area contributed by atoms with Gasteiger partial charge in [-0.05, 0) is 57.6 Å². The summed E-state index contributed by atoms with van der Waals surface area (Å²) in [4.78, 5) is 18.2. The third-order valence-corrected chi connectivity index (χ3v) is 5.58. The van der Waals surface area contributed by atoms with Gasteiger partial charge in [-0.2, -0.15) is 0 Å². The number of aromatic amines is 1. The molecule has 0 saturated carbocycles. The van der Waals surface area contributed by atoms with E-state index in [2.05, 4.69) is 11.9 Å². The van der Waals surface area contributed by atoms with Gasteiger partial charge in [-0.25, -0.2) is 0 Å². The highest BCUT2D eigenvalue weighted by atomic mass is 16.5. The Hall–Kier alpha value is -2.21. The monoisotopic (exact) mass is 402 g/mol. The summed E-state index contributed by atoms with van der Waals surface area (Å²) >= 11 is 0. The highest BCUT2D eigenvalue weighted by molar-refractivity contribution is 5.98. The Balaban J connectivity index is 1.70. The number of rotatable bonds is 8. The number of carbonyl (C=O) groups excluding carboxylic acids is 1. The van der Waals surface area contributed by atoms with Gasteiger partial charge >= 0.3 is 0 Å². The third kappa shape index (κ3) is 5.44. The fourth-order valence-electron chi connectivity index (χ4n) is 4.07. The first kappa shape index (κ1) is 21.5. The van der Waals surface area contributed by atoms with Crippen LogP contribution in [0, 0.1) is 5.92 Å². The van der Waals surface area contributed by atoms with Crippen LogP contribution < -0.4 is 9.47 Å². The molecule has 0 unspecified atom stereocenters. The van der Waals surface area contributed by atoms with Crippen LogP contribution in [0.5, 0.6) is 11.5 Å². The Bertz CT molecular complexity index is 829. The Kier molecular flexibility index (Phi) is 6.73. The predicted octanol–water partition coefficient (Wildman–Crippen LogP) is 4.37. The first-order valence-corrected chi connectivity index (χ1v) is 10.7. The molecule has 1 saturated heterocycles. The molecule has 2 heterocycles. The van der Waals surface area contributed by atoms with Crippen molar-refractivity contribution in [1.29, 1.82) is 0 Å². The first-order valence-electron chi connectivity index (χ1n) is 10.7. The van der Waals surface area contributed by atoms with Crippen LogP contribution >= 0.6 is 0 Å². The molecule has 1 aromatic heterocycles. The van der Waals surface area contributed by atoms with Crippen molar-refractivity contribution < 1.29 is 19.4 Å². The second-order valence-corrected chi connectivity index (χ2v) is 8.73. The molecule has 1 aliphatic heterocycles. The van der Waals surface area contributed by atoms with Crippen LogP contribution in [0.15, 0.2) is 18.2 Å². The van der Waals surface area contributed by atoms with Crippen molar-refractivity contribution in [2.45, 2.75) is 58.5 Å². The summed E-state index contributed by atoms with van der Waals surface area (Å²) in [5.74, 6) is 1.87. The van der Waals surface area contributed by atoms with E-state index < -0.39 is 5.60 Å². The number of hydrogen-bond acceptors (Lipinski definition) is 4. The van der Waals surface area contributed by atoms with Crippen LogP contribution in [0.3, 0.4) is 0 Å². The van der Waals surface area contributed by atoms with Crippen LogP contribution in [0.1, 0.15) is 63.4 Å². The number of nitrogens with one attached hydrogen (secondary N) is 1. The summed E-state index contributed by atoms with van der Waals surface area (Å²) in [7, 11) is 1.63. The standard InChI is InChI=1S/C23H34N2O4/c1-5-6-11-29-21-14-18-17(13-20(21)28-4)12-19(24-18)22(26)25-9-7-16(8-10-25)15-23(2,3)27/h12-14,16,24,27H,5-11,15H2,1-4H3. The highest BCUT2D eigenvalue weighted by Gasteiger charge is 2.28. The number of piperidine rings is 1. The Morgan fingerprint density at radius 1 is 1.24 bits per heavy atom. The number of methoxy groups -OCH3 is 1. The predicted molar refractivity (Wildman–Crippen MR) is 115 cm³/mol. The maximum absolute atomic E-state index is 13.0. The second-order valence-electron chi connectivity index (χ2n) is 8.73. The van der Waals surface area contributed by atoms with Gasteiger partial charge < -0.3 is 24.5 Å². The number of unbranched alkanes of at least 4 members (excludes halogenated alkanes) is 1. The molecule has 0 radical (unpaired) electrons. The highest BCUT2D eigenvalue weighted by Crippen LogP contribution is 2.33. The number of likely N-dealkylation sites (tertiary alicyclic amines) is 1. The van der Waals surface area contributed by atoms with E-state index in [1.165, 1.54) is 0 Å². The van der Waals surface area contributed by atoms with Gasteiger partial charge in [0.25, 0.3) is 5.91 Å². The number of amides is 1.